The molecule has 0 spiro atoms. The third-order valence-electron chi connectivity index (χ3n) is 9.13. The maximum absolute atomic E-state index is 13.9. The highest BCUT2D eigenvalue weighted by Gasteiger charge is 2.46. The molecule has 2 aliphatic heterocycles. The molecule has 44 heavy (non-hydrogen) atoms. The summed E-state index contributed by atoms with van der Waals surface area (Å²) in [7, 11) is 1.71. The fraction of sp³-hybridized carbons (Fsp3) is 0.382. The van der Waals surface area contributed by atoms with E-state index in [1.165, 1.54) is 24.3 Å². The second-order valence-corrected chi connectivity index (χ2v) is 11.9. The van der Waals surface area contributed by atoms with E-state index in [2.05, 4.69) is 26.2 Å². The topological polar surface area (TPSA) is 86.4 Å². The molecule has 4 aromatic rings. The second-order valence-electron chi connectivity index (χ2n) is 11.9. The van der Waals surface area contributed by atoms with Gasteiger partial charge in [-0.3, -0.25) is 9.69 Å². The normalized spacial score (nSPS) is 19.7. The molecule has 6 rings (SSSR count). The minimum absolute atomic E-state index is 0.0509. The number of anilines is 1. The number of nitrogens with one attached hydrogen (secondary N) is 1. The van der Waals surface area contributed by atoms with Crippen LogP contribution in [0.4, 0.5) is 14.5 Å². The summed E-state index contributed by atoms with van der Waals surface area (Å²) in [6.45, 7) is 5.84. The molecule has 0 radical (unpaired) electrons. The van der Waals surface area contributed by atoms with E-state index in [1.807, 2.05) is 31.2 Å². The van der Waals surface area contributed by atoms with Crippen molar-refractivity contribution in [2.45, 2.75) is 37.5 Å². The largest absolute Gasteiger partial charge is 0.375 e. The molecular formula is C34H36F2N6O2. The number of fused-ring (bicyclic) bond motifs is 1. The predicted octanol–water partition coefficient (Wildman–Crippen LogP) is 3.81. The monoisotopic (exact) mass is 598 g/mol. The van der Waals surface area contributed by atoms with Crippen LogP contribution in [0.3, 0.4) is 0 Å². The Kier molecular flexibility index (Phi) is 8.45. The van der Waals surface area contributed by atoms with Crippen molar-refractivity contribution in [2.24, 2.45) is 7.05 Å². The van der Waals surface area contributed by atoms with Crippen molar-refractivity contribution in [3.63, 3.8) is 0 Å². The maximum Gasteiger partial charge on any atom is 0.252 e. The van der Waals surface area contributed by atoms with Crippen LogP contribution in [0.5, 0.6) is 0 Å². The Morgan fingerprint density at radius 2 is 1.59 bits per heavy atom. The van der Waals surface area contributed by atoms with Crippen LogP contribution in [0.1, 0.15) is 23.7 Å². The molecule has 1 N–H and O–H groups in total. The van der Waals surface area contributed by atoms with Gasteiger partial charge in [-0.05, 0) is 67.3 Å². The number of aromatic nitrogens is 2. The first-order valence-electron chi connectivity index (χ1n) is 15.0. The van der Waals surface area contributed by atoms with Crippen LogP contribution in [-0.2, 0) is 24.6 Å². The van der Waals surface area contributed by atoms with E-state index in [4.69, 9.17) is 4.74 Å². The van der Waals surface area contributed by atoms with Crippen LogP contribution in [-0.4, -0.2) is 71.5 Å². The van der Waals surface area contributed by atoms with Crippen LogP contribution in [0, 0.1) is 23.0 Å². The highest BCUT2D eigenvalue weighted by Crippen LogP contribution is 2.34. The number of hydrogen-bond acceptors (Lipinski definition) is 7. The van der Waals surface area contributed by atoms with Gasteiger partial charge in [0.25, 0.3) is 5.56 Å². The minimum atomic E-state index is -0.483. The SMILES string of the molecule is CC1CNC(C(Cc2ccc(F)cc2)(Cc2ccc(F)cc2)N2CCN(c3cc(=O)n(C)c4ccc(C#N)nc34)CC2)CO1. The molecule has 10 heteroatoms. The lowest BCUT2D eigenvalue weighted by atomic mass is 9.76. The maximum atomic E-state index is 13.9. The Morgan fingerprint density at radius 3 is 2.14 bits per heavy atom. The van der Waals surface area contributed by atoms with Crippen LogP contribution >= 0.6 is 0 Å². The van der Waals surface area contributed by atoms with E-state index in [-0.39, 0.29) is 29.3 Å². The van der Waals surface area contributed by atoms with Crippen molar-refractivity contribution >= 4 is 16.7 Å². The number of rotatable bonds is 7. The van der Waals surface area contributed by atoms with Gasteiger partial charge in [-0.25, -0.2) is 13.8 Å². The number of piperazine rings is 1. The third-order valence-corrected chi connectivity index (χ3v) is 9.13. The molecule has 0 amide bonds. The number of ether oxygens (including phenoxy) is 1. The van der Waals surface area contributed by atoms with Gasteiger partial charge in [-0.15, -0.1) is 0 Å². The van der Waals surface area contributed by atoms with Crippen molar-refractivity contribution in [2.75, 3.05) is 44.2 Å². The summed E-state index contributed by atoms with van der Waals surface area (Å²) in [6.07, 6.45) is 1.33. The highest BCUT2D eigenvalue weighted by atomic mass is 19.1. The Labute approximate surface area is 255 Å². The second kappa shape index (κ2) is 12.4. The lowest BCUT2D eigenvalue weighted by Gasteiger charge is -2.54. The van der Waals surface area contributed by atoms with E-state index in [0.29, 0.717) is 68.9 Å². The molecular weight excluding hydrogens is 562 g/mol. The first kappa shape index (κ1) is 29.9. The van der Waals surface area contributed by atoms with Crippen LogP contribution < -0.4 is 15.8 Å². The molecule has 2 aromatic heterocycles. The lowest BCUT2D eigenvalue weighted by molar-refractivity contribution is -0.0490. The Balaban J connectivity index is 1.37. The molecule has 228 valence electrons. The molecule has 2 fully saturated rings. The summed E-state index contributed by atoms with van der Waals surface area (Å²) < 4.78 is 35.6. The van der Waals surface area contributed by atoms with Gasteiger partial charge in [-0.1, -0.05) is 24.3 Å². The van der Waals surface area contributed by atoms with Crippen LogP contribution in [0.2, 0.25) is 0 Å². The summed E-state index contributed by atoms with van der Waals surface area (Å²) in [5.74, 6) is -0.567. The smallest absolute Gasteiger partial charge is 0.252 e. The zero-order valence-electron chi connectivity index (χ0n) is 25.0. The molecule has 2 unspecified atom stereocenters. The molecule has 4 heterocycles. The molecule has 2 aliphatic rings. The van der Waals surface area contributed by atoms with Gasteiger partial charge in [0.2, 0.25) is 0 Å². The minimum Gasteiger partial charge on any atom is -0.375 e. The van der Waals surface area contributed by atoms with Gasteiger partial charge in [0.1, 0.15) is 28.9 Å². The van der Waals surface area contributed by atoms with Gasteiger partial charge in [-0.2, -0.15) is 5.26 Å². The Hall–Kier alpha value is -4.17. The number of halogens is 2. The van der Waals surface area contributed by atoms with Crippen LogP contribution in [0.15, 0.2) is 71.5 Å². The molecule has 0 bridgehead atoms. The van der Waals surface area contributed by atoms with E-state index < -0.39 is 5.54 Å². The average Bonchev–Trinajstić information content (AvgIpc) is 3.04. The van der Waals surface area contributed by atoms with Crippen molar-refractivity contribution in [1.82, 2.24) is 19.8 Å². The number of hydrogen-bond donors (Lipinski definition) is 1. The number of morpholine rings is 1. The summed E-state index contributed by atoms with van der Waals surface area (Å²) in [5.41, 5.74) is 3.70. The van der Waals surface area contributed by atoms with Gasteiger partial charge in [0.15, 0.2) is 0 Å². The summed E-state index contributed by atoms with van der Waals surface area (Å²) in [6, 6.07) is 20.4. The first-order valence-corrected chi connectivity index (χ1v) is 15.0. The first-order chi connectivity index (χ1) is 21.3. The van der Waals surface area contributed by atoms with Gasteiger partial charge in [0.05, 0.1) is 23.9 Å². The summed E-state index contributed by atoms with van der Waals surface area (Å²) in [4.78, 5) is 22.1. The molecule has 8 nitrogen and oxygen atoms in total. The third kappa shape index (κ3) is 5.95. The summed E-state index contributed by atoms with van der Waals surface area (Å²) in [5, 5.41) is 13.3. The Bertz CT molecular complexity index is 1670. The fourth-order valence-corrected chi connectivity index (χ4v) is 6.70. The Morgan fingerprint density at radius 1 is 0.977 bits per heavy atom. The van der Waals surface area contributed by atoms with Crippen molar-refractivity contribution in [3.8, 4) is 6.07 Å². The molecule has 2 atom stereocenters. The van der Waals surface area contributed by atoms with E-state index in [0.717, 1.165) is 16.8 Å². The van der Waals surface area contributed by atoms with Crippen molar-refractivity contribution < 1.29 is 13.5 Å². The van der Waals surface area contributed by atoms with Crippen LogP contribution in [0.25, 0.3) is 11.0 Å². The number of nitriles is 1. The fourth-order valence-electron chi connectivity index (χ4n) is 6.70. The number of pyridine rings is 2. The molecule has 2 saturated heterocycles. The van der Waals surface area contributed by atoms with E-state index in [1.54, 1.807) is 29.8 Å². The van der Waals surface area contributed by atoms with E-state index >= 15 is 0 Å². The van der Waals surface area contributed by atoms with Crippen molar-refractivity contribution in [1.29, 1.82) is 5.26 Å². The van der Waals surface area contributed by atoms with Gasteiger partial charge in [0, 0.05) is 57.4 Å². The predicted molar refractivity (Wildman–Crippen MR) is 166 cm³/mol. The average molecular weight is 599 g/mol. The number of benzene rings is 2. The van der Waals surface area contributed by atoms with Gasteiger partial charge >= 0.3 is 0 Å². The van der Waals surface area contributed by atoms with E-state index in [9.17, 15) is 18.8 Å². The highest BCUT2D eigenvalue weighted by molar-refractivity contribution is 5.88. The molecule has 2 aromatic carbocycles. The molecule has 0 saturated carbocycles. The number of nitrogens with zero attached hydrogens (tertiary/aromatic N) is 5. The quantitative estimate of drug-likeness (QED) is 0.346. The standard InChI is InChI=1S/C34H36F2N6O2/c1-23-21-38-31(22-44-23)34(18-24-3-7-26(35)8-4-24,19-25-5-9-27(36)10-6-25)42-15-13-41(14-16-42)30-17-32(43)40(2)29-12-11-28(20-37)39-33(29)30/h3-12,17,23,31,38H,13-16,18-19,21-22H2,1-2H3. The summed E-state index contributed by atoms with van der Waals surface area (Å²) >= 11 is 0. The lowest BCUT2D eigenvalue weighted by Crippen LogP contribution is -2.70. The zero-order valence-corrected chi connectivity index (χ0v) is 25.0. The molecule has 0 aliphatic carbocycles. The number of aryl methyl sites for hydroxylation is 1. The van der Waals surface area contributed by atoms with Crippen molar-refractivity contribution in [3.05, 3.63) is 106 Å². The van der Waals surface area contributed by atoms with Gasteiger partial charge < -0.3 is 19.5 Å². The zero-order chi connectivity index (χ0) is 30.8.